The summed E-state index contributed by atoms with van der Waals surface area (Å²) >= 11 is 0. The van der Waals surface area contributed by atoms with Crippen molar-refractivity contribution in [3.8, 4) is 0 Å². The van der Waals surface area contributed by atoms with Crippen molar-refractivity contribution < 1.29 is 23.8 Å². The molecular formula is C18H16FNO4. The average Bonchev–Trinajstić information content (AvgIpc) is 2.99. The van der Waals surface area contributed by atoms with E-state index in [1.165, 1.54) is 12.1 Å². The standard InChI is InChI=1S/C18H16FNO4/c1-11-7-8-14(19)13-9-15(17(21)22)20(16(11)13)18(23)24-10-12-5-3-2-4-6-12/h2-8,15H,9-10H2,1H3,(H,21,22)/t15-/m1/s1. The van der Waals surface area contributed by atoms with Crippen LogP contribution in [0.15, 0.2) is 42.5 Å². The summed E-state index contributed by atoms with van der Waals surface area (Å²) in [7, 11) is 0. The molecule has 24 heavy (non-hydrogen) atoms. The maximum atomic E-state index is 14.0. The SMILES string of the molecule is Cc1ccc(F)c2c1N(C(=O)OCc1ccccc1)[C@@H](C(=O)O)C2. The lowest BCUT2D eigenvalue weighted by Crippen LogP contribution is -2.43. The third-order valence-corrected chi connectivity index (χ3v) is 4.06. The molecule has 0 spiro atoms. The van der Waals surface area contributed by atoms with Crippen LogP contribution in [0.2, 0.25) is 0 Å². The van der Waals surface area contributed by atoms with Crippen molar-refractivity contribution in [1.82, 2.24) is 0 Å². The smallest absolute Gasteiger partial charge is 0.415 e. The predicted molar refractivity (Wildman–Crippen MR) is 85.4 cm³/mol. The number of carboxylic acids is 1. The van der Waals surface area contributed by atoms with Gasteiger partial charge in [0.05, 0.1) is 5.69 Å². The molecule has 0 unspecified atom stereocenters. The van der Waals surface area contributed by atoms with E-state index < -0.39 is 23.9 Å². The fourth-order valence-electron chi connectivity index (χ4n) is 2.90. The van der Waals surface area contributed by atoms with Gasteiger partial charge >= 0.3 is 12.1 Å². The van der Waals surface area contributed by atoms with Gasteiger partial charge in [-0.3, -0.25) is 4.90 Å². The molecule has 2 aromatic carbocycles. The van der Waals surface area contributed by atoms with Gasteiger partial charge in [0.25, 0.3) is 0 Å². The second-order valence-electron chi connectivity index (χ2n) is 5.66. The number of carboxylic acid groups (broad SMARTS) is 1. The number of amides is 1. The second kappa shape index (κ2) is 6.31. The molecule has 1 atom stereocenters. The Balaban J connectivity index is 1.88. The first-order valence-corrected chi connectivity index (χ1v) is 7.49. The number of rotatable bonds is 3. The third kappa shape index (κ3) is 2.82. The van der Waals surface area contributed by atoms with Gasteiger partial charge in [0.2, 0.25) is 0 Å². The van der Waals surface area contributed by atoms with Gasteiger partial charge in [-0.05, 0) is 24.1 Å². The molecule has 3 rings (SSSR count). The Bertz CT molecular complexity index is 791. The topological polar surface area (TPSA) is 66.8 Å². The number of nitrogens with zero attached hydrogens (tertiary/aromatic N) is 1. The molecule has 0 aliphatic carbocycles. The summed E-state index contributed by atoms with van der Waals surface area (Å²) < 4.78 is 19.3. The van der Waals surface area contributed by atoms with Gasteiger partial charge in [0.1, 0.15) is 18.5 Å². The van der Waals surface area contributed by atoms with E-state index in [0.717, 1.165) is 10.5 Å². The Labute approximate surface area is 138 Å². The largest absolute Gasteiger partial charge is 0.480 e. The lowest BCUT2D eigenvalue weighted by atomic mass is 10.1. The fraction of sp³-hybridized carbons (Fsp3) is 0.222. The molecular weight excluding hydrogens is 313 g/mol. The van der Waals surface area contributed by atoms with E-state index in [0.29, 0.717) is 11.3 Å². The molecule has 1 amide bonds. The summed E-state index contributed by atoms with van der Waals surface area (Å²) in [4.78, 5) is 25.0. The molecule has 6 heteroatoms. The second-order valence-corrected chi connectivity index (χ2v) is 5.66. The first-order valence-electron chi connectivity index (χ1n) is 7.49. The number of ether oxygens (including phenoxy) is 1. The first kappa shape index (κ1) is 16.0. The van der Waals surface area contributed by atoms with E-state index in [-0.39, 0.29) is 18.6 Å². The zero-order chi connectivity index (χ0) is 17.3. The predicted octanol–water partition coefficient (Wildman–Crippen LogP) is 3.29. The molecule has 0 fully saturated rings. The molecule has 1 aliphatic rings. The minimum absolute atomic E-state index is 0.0200. The molecule has 0 bridgehead atoms. The lowest BCUT2D eigenvalue weighted by Gasteiger charge is -2.23. The van der Waals surface area contributed by atoms with Crippen molar-refractivity contribution in [2.45, 2.75) is 26.0 Å². The van der Waals surface area contributed by atoms with Crippen LogP contribution in [0.4, 0.5) is 14.9 Å². The maximum absolute atomic E-state index is 14.0. The highest BCUT2D eigenvalue weighted by molar-refractivity contribution is 5.99. The summed E-state index contributed by atoms with van der Waals surface area (Å²) in [6, 6.07) is 10.7. The number of hydrogen-bond acceptors (Lipinski definition) is 3. The average molecular weight is 329 g/mol. The highest BCUT2D eigenvalue weighted by atomic mass is 19.1. The van der Waals surface area contributed by atoms with Crippen LogP contribution in [0.5, 0.6) is 0 Å². The Morgan fingerprint density at radius 2 is 1.96 bits per heavy atom. The highest BCUT2D eigenvalue weighted by Crippen LogP contribution is 2.37. The molecule has 2 aromatic rings. The maximum Gasteiger partial charge on any atom is 0.415 e. The van der Waals surface area contributed by atoms with Crippen molar-refractivity contribution in [3.05, 3.63) is 65.0 Å². The number of aliphatic carboxylic acids is 1. The van der Waals surface area contributed by atoms with Crippen LogP contribution in [0, 0.1) is 12.7 Å². The van der Waals surface area contributed by atoms with Gasteiger partial charge in [0, 0.05) is 12.0 Å². The number of aryl methyl sites for hydroxylation is 1. The van der Waals surface area contributed by atoms with Crippen LogP contribution in [-0.4, -0.2) is 23.2 Å². The number of carbonyl (C=O) groups is 2. The number of fused-ring (bicyclic) bond motifs is 1. The minimum atomic E-state index is -1.19. The number of carbonyl (C=O) groups excluding carboxylic acids is 1. The number of benzene rings is 2. The van der Waals surface area contributed by atoms with Gasteiger partial charge in [0.15, 0.2) is 0 Å². The van der Waals surface area contributed by atoms with Gasteiger partial charge < -0.3 is 9.84 Å². The lowest BCUT2D eigenvalue weighted by molar-refractivity contribution is -0.138. The van der Waals surface area contributed by atoms with E-state index in [1.54, 1.807) is 19.1 Å². The van der Waals surface area contributed by atoms with Crippen molar-refractivity contribution >= 4 is 17.7 Å². The van der Waals surface area contributed by atoms with Gasteiger partial charge in [-0.2, -0.15) is 0 Å². The van der Waals surface area contributed by atoms with E-state index in [1.807, 2.05) is 18.2 Å². The van der Waals surface area contributed by atoms with Crippen molar-refractivity contribution in [2.75, 3.05) is 4.90 Å². The van der Waals surface area contributed by atoms with Gasteiger partial charge in [-0.1, -0.05) is 36.4 Å². The van der Waals surface area contributed by atoms with E-state index in [2.05, 4.69) is 0 Å². The molecule has 1 heterocycles. The third-order valence-electron chi connectivity index (χ3n) is 4.06. The first-order chi connectivity index (χ1) is 11.5. The van der Waals surface area contributed by atoms with Crippen molar-refractivity contribution in [2.24, 2.45) is 0 Å². The Hall–Kier alpha value is -2.89. The molecule has 5 nitrogen and oxygen atoms in total. The summed E-state index contributed by atoms with van der Waals surface area (Å²) in [6.07, 6.45) is -0.864. The van der Waals surface area contributed by atoms with Crippen LogP contribution < -0.4 is 4.90 Å². The fourth-order valence-corrected chi connectivity index (χ4v) is 2.90. The molecule has 0 radical (unpaired) electrons. The highest BCUT2D eigenvalue weighted by Gasteiger charge is 2.41. The number of halogens is 1. The van der Waals surface area contributed by atoms with E-state index >= 15 is 0 Å². The van der Waals surface area contributed by atoms with E-state index in [9.17, 15) is 19.1 Å². The zero-order valence-corrected chi connectivity index (χ0v) is 13.0. The van der Waals surface area contributed by atoms with Crippen LogP contribution >= 0.6 is 0 Å². The molecule has 0 aromatic heterocycles. The quantitative estimate of drug-likeness (QED) is 0.938. The Morgan fingerprint density at radius 1 is 1.25 bits per heavy atom. The zero-order valence-electron chi connectivity index (χ0n) is 13.0. The summed E-state index contributed by atoms with van der Waals surface area (Å²) in [5.41, 5.74) is 1.94. The summed E-state index contributed by atoms with van der Waals surface area (Å²) in [5, 5.41) is 9.40. The molecule has 0 saturated carbocycles. The van der Waals surface area contributed by atoms with Gasteiger partial charge in [-0.15, -0.1) is 0 Å². The van der Waals surface area contributed by atoms with Crippen LogP contribution in [0.3, 0.4) is 0 Å². The monoisotopic (exact) mass is 329 g/mol. The van der Waals surface area contributed by atoms with Gasteiger partial charge in [-0.25, -0.2) is 14.0 Å². The van der Waals surface area contributed by atoms with Crippen molar-refractivity contribution in [1.29, 1.82) is 0 Å². The van der Waals surface area contributed by atoms with E-state index in [4.69, 9.17) is 4.74 Å². The summed E-state index contributed by atoms with van der Waals surface area (Å²) in [6.45, 7) is 1.73. The number of anilines is 1. The van der Waals surface area contributed by atoms with Crippen LogP contribution in [0.25, 0.3) is 0 Å². The Morgan fingerprint density at radius 3 is 2.62 bits per heavy atom. The molecule has 1 aliphatic heterocycles. The summed E-state index contributed by atoms with van der Waals surface area (Å²) in [5.74, 6) is -1.71. The molecule has 1 N–H and O–H groups in total. The van der Waals surface area contributed by atoms with Crippen LogP contribution in [-0.2, 0) is 22.6 Å². The normalized spacial score (nSPS) is 15.9. The van der Waals surface area contributed by atoms with Crippen molar-refractivity contribution in [3.63, 3.8) is 0 Å². The minimum Gasteiger partial charge on any atom is -0.480 e. The molecule has 124 valence electrons. The number of hydrogen-bond donors (Lipinski definition) is 1. The van der Waals surface area contributed by atoms with Crippen LogP contribution in [0.1, 0.15) is 16.7 Å². The molecule has 0 saturated heterocycles. The Kier molecular flexibility index (Phi) is 4.20.